The van der Waals surface area contributed by atoms with E-state index in [2.05, 4.69) is 10.1 Å². The van der Waals surface area contributed by atoms with E-state index in [4.69, 9.17) is 4.74 Å². The molecule has 1 N–H and O–H groups in total. The lowest BCUT2D eigenvalue weighted by Crippen LogP contribution is -2.49. The third kappa shape index (κ3) is 3.97. The summed E-state index contributed by atoms with van der Waals surface area (Å²) in [7, 11) is 3.97. The molecule has 2 fully saturated rings. The Morgan fingerprint density at radius 3 is 2.29 bits per heavy atom. The minimum absolute atomic E-state index is 0.0135. The van der Waals surface area contributed by atoms with Gasteiger partial charge in [-0.1, -0.05) is 19.3 Å². The minimum atomic E-state index is -0.891. The zero-order valence-electron chi connectivity index (χ0n) is 17.7. The summed E-state index contributed by atoms with van der Waals surface area (Å²) in [5.41, 5.74) is -0.750. The quantitative estimate of drug-likeness (QED) is 0.557. The fraction of sp³-hybridized carbons (Fsp3) is 0.476. The van der Waals surface area contributed by atoms with Crippen LogP contribution in [0.1, 0.15) is 52.8 Å². The largest absolute Gasteiger partial charge is 0.465 e. The summed E-state index contributed by atoms with van der Waals surface area (Å²) in [6.07, 6.45) is 3.82. The zero-order chi connectivity index (χ0) is 22.8. The van der Waals surface area contributed by atoms with E-state index in [0.29, 0.717) is 12.8 Å². The summed E-state index contributed by atoms with van der Waals surface area (Å²) in [6, 6.07) is 3.44. The number of likely N-dealkylation sites (N-methyl/N-ethyl adjacent to an activating group) is 1. The van der Waals surface area contributed by atoms with Crippen molar-refractivity contribution >= 4 is 35.5 Å². The van der Waals surface area contributed by atoms with Crippen molar-refractivity contribution in [2.24, 2.45) is 0 Å². The van der Waals surface area contributed by atoms with Crippen LogP contribution < -0.4 is 5.32 Å². The number of nitrogens with zero attached hydrogens (tertiary/aromatic N) is 2. The molecule has 1 aliphatic carbocycles. The highest BCUT2D eigenvalue weighted by atomic mass is 16.5. The highest BCUT2D eigenvalue weighted by Gasteiger charge is 2.55. The molecule has 0 radical (unpaired) electrons. The number of esters is 2. The highest BCUT2D eigenvalue weighted by molar-refractivity contribution is 6.11. The number of amides is 4. The van der Waals surface area contributed by atoms with Gasteiger partial charge in [-0.15, -0.1) is 0 Å². The number of carbonyl (C=O) groups is 5. The molecule has 31 heavy (non-hydrogen) atoms. The average Bonchev–Trinajstić information content (AvgIpc) is 2.94. The molecule has 10 nitrogen and oxygen atoms in total. The molecule has 1 aromatic rings. The maximum atomic E-state index is 13.0. The Morgan fingerprint density at radius 1 is 1.03 bits per heavy atom. The Bertz CT molecular complexity index is 937. The zero-order valence-corrected chi connectivity index (χ0v) is 17.7. The first-order chi connectivity index (χ1) is 14.7. The first-order valence-corrected chi connectivity index (χ1v) is 9.95. The third-order valence-electron chi connectivity index (χ3n) is 5.91. The molecule has 0 aromatic heterocycles. The van der Waals surface area contributed by atoms with Gasteiger partial charge < -0.3 is 19.7 Å². The van der Waals surface area contributed by atoms with Gasteiger partial charge in [-0.3, -0.25) is 14.5 Å². The van der Waals surface area contributed by atoms with Crippen molar-refractivity contribution in [2.45, 2.75) is 37.6 Å². The SMILES string of the molecule is COC(=O)c1ccc(C(=O)OC)c(NC(=O)CN2C(=O)N(C)C3(CCCCC3)C2=O)c1. The van der Waals surface area contributed by atoms with Crippen molar-refractivity contribution in [1.29, 1.82) is 0 Å². The predicted octanol–water partition coefficient (Wildman–Crippen LogP) is 1.80. The van der Waals surface area contributed by atoms with Crippen molar-refractivity contribution in [1.82, 2.24) is 9.80 Å². The average molecular weight is 431 g/mol. The number of ether oxygens (including phenoxy) is 2. The summed E-state index contributed by atoms with van der Waals surface area (Å²) in [5, 5.41) is 2.51. The number of nitrogens with one attached hydrogen (secondary N) is 1. The lowest BCUT2D eigenvalue weighted by molar-refractivity contribution is -0.136. The second kappa shape index (κ2) is 8.75. The van der Waals surface area contributed by atoms with Crippen LogP contribution in [0, 0.1) is 0 Å². The smallest absolute Gasteiger partial charge is 0.339 e. The van der Waals surface area contributed by atoms with E-state index in [1.165, 1.54) is 37.3 Å². The summed E-state index contributed by atoms with van der Waals surface area (Å²) in [4.78, 5) is 64.7. The van der Waals surface area contributed by atoms with Gasteiger partial charge in [0.1, 0.15) is 12.1 Å². The van der Waals surface area contributed by atoms with Crippen molar-refractivity contribution < 1.29 is 33.4 Å². The predicted molar refractivity (Wildman–Crippen MR) is 108 cm³/mol. The van der Waals surface area contributed by atoms with Gasteiger partial charge in [-0.2, -0.15) is 0 Å². The van der Waals surface area contributed by atoms with Crippen LogP contribution in [-0.4, -0.2) is 72.9 Å². The van der Waals surface area contributed by atoms with Crippen LogP contribution in [0.5, 0.6) is 0 Å². The summed E-state index contributed by atoms with van der Waals surface area (Å²) in [6.45, 7) is -0.507. The summed E-state index contributed by atoms with van der Waals surface area (Å²) >= 11 is 0. The number of imide groups is 1. The Morgan fingerprint density at radius 2 is 1.68 bits per heavy atom. The Labute approximate surface area is 179 Å². The molecule has 0 atom stereocenters. The van der Waals surface area contributed by atoms with Gasteiger partial charge in [-0.25, -0.2) is 14.4 Å². The molecular weight excluding hydrogens is 406 g/mol. The number of anilines is 1. The van der Waals surface area contributed by atoms with Crippen LogP contribution in [0.25, 0.3) is 0 Å². The molecule has 1 aliphatic heterocycles. The number of benzene rings is 1. The molecule has 1 spiro atoms. The second-order valence-corrected chi connectivity index (χ2v) is 7.62. The van der Waals surface area contributed by atoms with Crippen LogP contribution in [0.3, 0.4) is 0 Å². The first kappa shape index (κ1) is 22.3. The van der Waals surface area contributed by atoms with E-state index in [9.17, 15) is 24.0 Å². The second-order valence-electron chi connectivity index (χ2n) is 7.62. The van der Waals surface area contributed by atoms with E-state index in [-0.39, 0.29) is 22.7 Å². The van der Waals surface area contributed by atoms with E-state index < -0.39 is 36.0 Å². The molecule has 0 bridgehead atoms. The molecule has 2 aliphatic rings. The lowest BCUT2D eigenvalue weighted by Gasteiger charge is -2.35. The summed E-state index contributed by atoms with van der Waals surface area (Å²) < 4.78 is 9.37. The van der Waals surface area contributed by atoms with Gasteiger partial charge in [0.05, 0.1) is 31.0 Å². The van der Waals surface area contributed by atoms with Gasteiger partial charge in [0.25, 0.3) is 5.91 Å². The fourth-order valence-corrected chi connectivity index (χ4v) is 4.18. The van der Waals surface area contributed by atoms with Gasteiger partial charge in [-0.05, 0) is 31.0 Å². The number of methoxy groups -OCH3 is 2. The molecule has 1 saturated carbocycles. The highest BCUT2D eigenvalue weighted by Crippen LogP contribution is 2.39. The fourth-order valence-electron chi connectivity index (χ4n) is 4.18. The van der Waals surface area contributed by atoms with E-state index in [1.807, 2.05) is 0 Å². The number of hydrogen-bond acceptors (Lipinski definition) is 7. The molecule has 1 aromatic carbocycles. The number of urea groups is 1. The Balaban J connectivity index is 1.81. The monoisotopic (exact) mass is 431 g/mol. The molecule has 166 valence electrons. The molecular formula is C21H25N3O7. The van der Waals surface area contributed by atoms with Crippen molar-refractivity contribution in [3.63, 3.8) is 0 Å². The molecule has 0 unspecified atom stereocenters. The molecule has 1 saturated heterocycles. The van der Waals surface area contributed by atoms with Crippen LogP contribution in [0.4, 0.5) is 10.5 Å². The van der Waals surface area contributed by atoms with Crippen molar-refractivity contribution in [3.05, 3.63) is 29.3 Å². The minimum Gasteiger partial charge on any atom is -0.465 e. The van der Waals surface area contributed by atoms with Gasteiger partial charge in [0.2, 0.25) is 5.91 Å². The molecule has 3 rings (SSSR count). The van der Waals surface area contributed by atoms with E-state index in [1.54, 1.807) is 7.05 Å². The molecule has 1 heterocycles. The Kier molecular flexibility index (Phi) is 6.28. The van der Waals surface area contributed by atoms with Crippen LogP contribution in [0.2, 0.25) is 0 Å². The maximum absolute atomic E-state index is 13.0. The number of rotatable bonds is 5. The standard InChI is InChI=1S/C21H25N3O7/c1-23-20(29)24(19(28)21(23)9-5-4-6-10-21)12-16(25)22-15-11-13(17(26)30-2)7-8-14(15)18(27)31-3/h7-8,11H,4-6,9-10,12H2,1-3H3,(H,22,25). The molecule has 10 heteroatoms. The lowest BCUT2D eigenvalue weighted by atomic mass is 9.81. The summed E-state index contributed by atoms with van der Waals surface area (Å²) in [5.74, 6) is -2.44. The Hall–Kier alpha value is -3.43. The molecule has 4 amide bonds. The van der Waals surface area contributed by atoms with Crippen molar-refractivity contribution in [2.75, 3.05) is 33.1 Å². The van der Waals surface area contributed by atoms with Gasteiger partial charge in [0, 0.05) is 7.05 Å². The number of carbonyl (C=O) groups excluding carboxylic acids is 5. The van der Waals surface area contributed by atoms with Gasteiger partial charge in [0.15, 0.2) is 0 Å². The van der Waals surface area contributed by atoms with Crippen LogP contribution in [-0.2, 0) is 19.1 Å². The van der Waals surface area contributed by atoms with Crippen LogP contribution >= 0.6 is 0 Å². The van der Waals surface area contributed by atoms with E-state index >= 15 is 0 Å². The third-order valence-corrected chi connectivity index (χ3v) is 5.91. The van der Waals surface area contributed by atoms with Crippen LogP contribution in [0.15, 0.2) is 18.2 Å². The first-order valence-electron chi connectivity index (χ1n) is 9.95. The normalized spacial score (nSPS) is 17.6. The number of hydrogen-bond donors (Lipinski definition) is 1. The maximum Gasteiger partial charge on any atom is 0.339 e. The van der Waals surface area contributed by atoms with Crippen molar-refractivity contribution in [3.8, 4) is 0 Å². The van der Waals surface area contributed by atoms with E-state index in [0.717, 1.165) is 24.2 Å². The van der Waals surface area contributed by atoms with Gasteiger partial charge >= 0.3 is 18.0 Å². The topological polar surface area (TPSA) is 122 Å².